The van der Waals surface area contributed by atoms with Crippen molar-refractivity contribution in [1.82, 2.24) is 19.5 Å². The van der Waals surface area contributed by atoms with Crippen LogP contribution < -0.4 is 9.47 Å². The van der Waals surface area contributed by atoms with Gasteiger partial charge in [-0.25, -0.2) is 13.9 Å². The average molecular weight is 609 g/mol. The van der Waals surface area contributed by atoms with Crippen molar-refractivity contribution in [2.75, 3.05) is 26.3 Å². The minimum atomic E-state index is -0.950. The lowest BCUT2D eigenvalue weighted by atomic mass is 10.0. The number of aromatic nitrogens is 3. The number of carboxylic acids is 1. The Hall–Kier alpha value is -4.76. The number of nitrogens with zero attached hydrogens (tertiary/aromatic N) is 4. The van der Waals surface area contributed by atoms with Crippen LogP contribution in [0.5, 0.6) is 11.5 Å². The molecule has 8 nitrogen and oxygen atoms in total. The maximum absolute atomic E-state index is 14.5. The quantitative estimate of drug-likeness (QED) is 0.231. The molecular formula is C36H37FN4O4. The first-order valence-corrected chi connectivity index (χ1v) is 15.1. The van der Waals surface area contributed by atoms with Crippen molar-refractivity contribution in [2.24, 2.45) is 0 Å². The van der Waals surface area contributed by atoms with Gasteiger partial charge in [0.2, 0.25) is 0 Å². The third-order valence-electron chi connectivity index (χ3n) is 8.30. The summed E-state index contributed by atoms with van der Waals surface area (Å²) >= 11 is 0. The number of carbonyl (C=O) groups is 1. The van der Waals surface area contributed by atoms with Crippen LogP contribution in [0.25, 0.3) is 39.3 Å². The minimum Gasteiger partial charge on any atom is -0.492 e. The molecule has 232 valence electrons. The molecule has 1 N–H and O–H groups in total. The summed E-state index contributed by atoms with van der Waals surface area (Å²) in [6, 6.07) is 20.3. The predicted octanol–water partition coefficient (Wildman–Crippen LogP) is 6.99. The van der Waals surface area contributed by atoms with Crippen molar-refractivity contribution in [3.8, 4) is 45.1 Å². The van der Waals surface area contributed by atoms with Crippen LogP contribution in [0.3, 0.4) is 0 Å². The monoisotopic (exact) mass is 608 g/mol. The van der Waals surface area contributed by atoms with Gasteiger partial charge in [-0.05, 0) is 70.0 Å². The van der Waals surface area contributed by atoms with E-state index in [1.54, 1.807) is 10.6 Å². The van der Waals surface area contributed by atoms with Gasteiger partial charge in [0.05, 0.1) is 17.8 Å². The van der Waals surface area contributed by atoms with Crippen LogP contribution in [0.15, 0.2) is 66.7 Å². The zero-order chi connectivity index (χ0) is 31.9. The largest absolute Gasteiger partial charge is 0.492 e. The molecule has 0 radical (unpaired) electrons. The van der Waals surface area contributed by atoms with Gasteiger partial charge in [0.25, 0.3) is 0 Å². The second-order valence-electron chi connectivity index (χ2n) is 12.5. The molecule has 0 saturated carbocycles. The summed E-state index contributed by atoms with van der Waals surface area (Å²) in [4.78, 5) is 19.0. The van der Waals surface area contributed by atoms with Crippen LogP contribution in [0.2, 0.25) is 0 Å². The smallest absolute Gasteiger partial charge is 0.307 e. The fourth-order valence-corrected chi connectivity index (χ4v) is 5.87. The number of fused-ring (bicyclic) bond motifs is 9. The van der Waals surface area contributed by atoms with E-state index in [1.807, 2.05) is 62.4 Å². The number of ether oxygens (including phenoxy) is 2. The van der Waals surface area contributed by atoms with E-state index < -0.39 is 5.97 Å². The topological polar surface area (TPSA) is 89.2 Å². The molecule has 0 spiro atoms. The van der Waals surface area contributed by atoms with E-state index in [0.717, 1.165) is 27.8 Å². The van der Waals surface area contributed by atoms with Gasteiger partial charge in [0, 0.05) is 58.7 Å². The fourth-order valence-electron chi connectivity index (χ4n) is 5.87. The van der Waals surface area contributed by atoms with E-state index in [9.17, 15) is 14.3 Å². The molecule has 9 heteroatoms. The van der Waals surface area contributed by atoms with Crippen LogP contribution in [-0.2, 0) is 11.2 Å². The van der Waals surface area contributed by atoms with Crippen molar-refractivity contribution >= 4 is 11.6 Å². The van der Waals surface area contributed by atoms with Crippen LogP contribution >= 0.6 is 0 Å². The molecule has 0 saturated heterocycles. The molecule has 0 aliphatic carbocycles. The van der Waals surface area contributed by atoms with Gasteiger partial charge >= 0.3 is 5.97 Å². The van der Waals surface area contributed by atoms with Crippen LogP contribution in [0.1, 0.15) is 37.6 Å². The lowest BCUT2D eigenvalue weighted by molar-refractivity contribution is -0.136. The van der Waals surface area contributed by atoms with Crippen molar-refractivity contribution < 1.29 is 23.8 Å². The van der Waals surface area contributed by atoms with Gasteiger partial charge in [-0.2, -0.15) is 5.10 Å². The Morgan fingerprint density at radius 2 is 1.64 bits per heavy atom. The third kappa shape index (κ3) is 6.26. The molecule has 3 heterocycles. The minimum absolute atomic E-state index is 0.162. The summed E-state index contributed by atoms with van der Waals surface area (Å²) in [5, 5.41) is 14.8. The highest BCUT2D eigenvalue weighted by Crippen LogP contribution is 2.36. The molecule has 3 aromatic carbocycles. The highest BCUT2D eigenvalue weighted by Gasteiger charge is 2.23. The number of rotatable bonds is 2. The van der Waals surface area contributed by atoms with Gasteiger partial charge in [0.15, 0.2) is 5.65 Å². The van der Waals surface area contributed by atoms with Gasteiger partial charge in [-0.3, -0.25) is 9.69 Å². The number of hydrogen-bond donors (Lipinski definition) is 1. The summed E-state index contributed by atoms with van der Waals surface area (Å²) in [6.07, 6.45) is -0.202. The normalized spacial score (nSPS) is 14.2. The molecule has 0 amide bonds. The molecule has 5 aromatic rings. The number of benzene rings is 3. The number of hydrogen-bond acceptors (Lipinski definition) is 6. The summed E-state index contributed by atoms with van der Waals surface area (Å²) < 4.78 is 28.8. The summed E-state index contributed by atoms with van der Waals surface area (Å²) in [7, 11) is 0. The Kier molecular flexibility index (Phi) is 8.05. The third-order valence-corrected chi connectivity index (χ3v) is 8.30. The molecule has 1 aliphatic rings. The average Bonchev–Trinajstić information content (AvgIpc) is 3.40. The van der Waals surface area contributed by atoms with E-state index in [2.05, 4.69) is 25.7 Å². The molecule has 45 heavy (non-hydrogen) atoms. The molecule has 1 aliphatic heterocycles. The van der Waals surface area contributed by atoms with Gasteiger partial charge in [-0.1, -0.05) is 30.3 Å². The van der Waals surface area contributed by atoms with E-state index in [-0.39, 0.29) is 17.8 Å². The van der Waals surface area contributed by atoms with Crippen molar-refractivity contribution in [1.29, 1.82) is 0 Å². The van der Waals surface area contributed by atoms with Gasteiger partial charge in [0.1, 0.15) is 30.5 Å². The number of aliphatic carboxylic acids is 1. The summed E-state index contributed by atoms with van der Waals surface area (Å²) in [5.41, 5.74) is 7.21. The lowest BCUT2D eigenvalue weighted by Gasteiger charge is -2.35. The van der Waals surface area contributed by atoms with Crippen LogP contribution in [0.4, 0.5) is 4.39 Å². The molecule has 0 atom stereocenters. The number of halogens is 1. The predicted molar refractivity (Wildman–Crippen MR) is 172 cm³/mol. The first-order chi connectivity index (χ1) is 21.5. The Labute approximate surface area is 262 Å². The molecular weight excluding hydrogens is 571 g/mol. The van der Waals surface area contributed by atoms with Crippen LogP contribution in [0, 0.1) is 19.7 Å². The van der Waals surface area contributed by atoms with E-state index >= 15 is 0 Å². The molecule has 0 unspecified atom stereocenters. The zero-order valence-electron chi connectivity index (χ0n) is 26.2. The molecule has 6 bridgehead atoms. The van der Waals surface area contributed by atoms with Crippen molar-refractivity contribution in [3.63, 3.8) is 0 Å². The molecule has 6 rings (SSSR count). The Morgan fingerprint density at radius 1 is 0.911 bits per heavy atom. The standard InChI is InChI=1S/C36H37FN4O4/c1-22-9-10-26-18-31(22)44-15-13-40(36(3,4)5)14-16-45-32-19-27(37)11-12-28(32)24-7-6-8-25(17-24)30-21-33-38-23(2)29(20-34(42)43)35(26)41(33)39-30/h6-12,17-19,21H,13-16,20H2,1-5H3,(H,42,43). The van der Waals surface area contributed by atoms with Crippen LogP contribution in [-0.4, -0.2) is 62.4 Å². The first-order valence-electron chi connectivity index (χ1n) is 15.1. The maximum Gasteiger partial charge on any atom is 0.307 e. The Balaban J connectivity index is 1.57. The van der Waals surface area contributed by atoms with Gasteiger partial charge < -0.3 is 14.6 Å². The molecule has 0 fully saturated rings. The van der Waals surface area contributed by atoms with E-state index in [4.69, 9.17) is 19.6 Å². The molecule has 2 aromatic heterocycles. The second kappa shape index (κ2) is 12.0. The number of carboxylic acid groups (broad SMARTS) is 1. The maximum atomic E-state index is 14.5. The van der Waals surface area contributed by atoms with Crippen molar-refractivity contribution in [3.05, 3.63) is 89.4 Å². The summed E-state index contributed by atoms with van der Waals surface area (Å²) in [6.45, 7) is 12.3. The highest BCUT2D eigenvalue weighted by atomic mass is 19.1. The fraction of sp³-hybridized carbons (Fsp3) is 0.306. The zero-order valence-corrected chi connectivity index (χ0v) is 26.2. The van der Waals surface area contributed by atoms with E-state index in [1.165, 1.54) is 12.1 Å². The number of aryl methyl sites for hydroxylation is 2. The first kappa shape index (κ1) is 30.3. The SMILES string of the molecule is Cc1ccc2cc1OCCN(C(C)(C)C)CCOc1cc(F)ccc1-c1cccc(c1)-c1cc3nc(C)c(CC(=O)O)c-2n3n1. The summed E-state index contributed by atoms with van der Waals surface area (Å²) in [5.74, 6) is -0.138. The Morgan fingerprint density at radius 3 is 2.38 bits per heavy atom. The lowest BCUT2D eigenvalue weighted by Crippen LogP contribution is -2.45. The second-order valence-corrected chi connectivity index (χ2v) is 12.5. The Bertz CT molecular complexity index is 1910. The van der Waals surface area contributed by atoms with Crippen molar-refractivity contribution in [2.45, 2.75) is 46.6 Å². The highest BCUT2D eigenvalue weighted by molar-refractivity contribution is 5.80. The van der Waals surface area contributed by atoms with E-state index in [0.29, 0.717) is 66.1 Å². The van der Waals surface area contributed by atoms with Gasteiger partial charge in [-0.15, -0.1) is 0 Å².